The molecule has 35 heavy (non-hydrogen) atoms. The molecule has 0 spiro atoms. The molecule has 1 unspecified atom stereocenters. The second-order valence-corrected chi connectivity index (χ2v) is 8.74. The van der Waals surface area contributed by atoms with Gasteiger partial charge in [-0.1, -0.05) is 37.3 Å². The fourth-order valence-electron chi connectivity index (χ4n) is 4.97. The van der Waals surface area contributed by atoms with Gasteiger partial charge < -0.3 is 20.3 Å². The zero-order valence-corrected chi connectivity index (χ0v) is 19.1. The molecule has 3 heterocycles. The first kappa shape index (κ1) is 22.4. The first-order valence-electron chi connectivity index (χ1n) is 11.1. The van der Waals surface area contributed by atoms with Crippen LogP contribution in [0.4, 0.5) is 9.59 Å². The predicted octanol–water partition coefficient (Wildman–Crippen LogP) is 0.831. The molecule has 0 radical (unpaired) electrons. The van der Waals surface area contributed by atoms with Crippen LogP contribution in [0.25, 0.3) is 0 Å². The molecule has 2 aromatic carbocycles. The fraction of sp³-hybridized carbons (Fsp3) is 0.292. The number of hydrogen-bond donors (Lipinski definition) is 4. The number of nitrogens with zero attached hydrogens (tertiary/aromatic N) is 1. The number of nitrogens with one attached hydrogen (secondary N) is 4. The number of benzene rings is 2. The van der Waals surface area contributed by atoms with Crippen LogP contribution in [0.1, 0.15) is 40.4 Å². The summed E-state index contributed by atoms with van der Waals surface area (Å²) >= 11 is 0. The van der Waals surface area contributed by atoms with Gasteiger partial charge >= 0.3 is 12.1 Å². The Morgan fingerprint density at radius 1 is 0.857 bits per heavy atom. The van der Waals surface area contributed by atoms with E-state index in [0.717, 1.165) is 5.56 Å². The van der Waals surface area contributed by atoms with Crippen LogP contribution in [0, 0.1) is 0 Å². The number of methoxy groups -OCH3 is 1. The smallest absolute Gasteiger partial charge is 0.322 e. The maximum Gasteiger partial charge on any atom is 0.322 e. The molecule has 2 saturated heterocycles. The van der Waals surface area contributed by atoms with Crippen LogP contribution < -0.4 is 26.0 Å². The van der Waals surface area contributed by atoms with Crippen molar-refractivity contribution in [3.63, 3.8) is 0 Å². The van der Waals surface area contributed by atoms with Crippen LogP contribution in [0.5, 0.6) is 5.75 Å². The molecule has 0 aromatic heterocycles. The molecule has 5 rings (SSSR count). The minimum Gasteiger partial charge on any atom is -0.497 e. The van der Waals surface area contributed by atoms with Crippen LogP contribution in [-0.4, -0.2) is 48.3 Å². The van der Waals surface area contributed by atoms with Gasteiger partial charge in [-0.2, -0.15) is 0 Å². The number of imide groups is 2. The van der Waals surface area contributed by atoms with Gasteiger partial charge in [-0.15, -0.1) is 0 Å². The minimum absolute atomic E-state index is 0.101. The minimum atomic E-state index is -1.53. The van der Waals surface area contributed by atoms with Gasteiger partial charge in [-0.3, -0.25) is 25.0 Å². The van der Waals surface area contributed by atoms with Crippen LogP contribution >= 0.6 is 0 Å². The largest absolute Gasteiger partial charge is 0.497 e. The predicted molar refractivity (Wildman–Crippen MR) is 121 cm³/mol. The van der Waals surface area contributed by atoms with Crippen molar-refractivity contribution in [3.8, 4) is 5.75 Å². The second kappa shape index (κ2) is 7.83. The summed E-state index contributed by atoms with van der Waals surface area (Å²) in [6.07, 6.45) is 0.316. The molecule has 0 bridgehead atoms. The van der Waals surface area contributed by atoms with Gasteiger partial charge in [-0.05, 0) is 35.2 Å². The Labute approximate surface area is 200 Å². The molecule has 0 saturated carbocycles. The third-order valence-electron chi connectivity index (χ3n) is 6.91. The van der Waals surface area contributed by atoms with Crippen molar-refractivity contribution >= 4 is 29.8 Å². The summed E-state index contributed by atoms with van der Waals surface area (Å²) in [4.78, 5) is 64.1. The maximum absolute atomic E-state index is 13.1. The summed E-state index contributed by atoms with van der Waals surface area (Å²) < 4.78 is 5.22. The average molecular weight is 477 g/mol. The van der Waals surface area contributed by atoms with Gasteiger partial charge in [0.15, 0.2) is 5.54 Å². The van der Waals surface area contributed by atoms with E-state index in [1.54, 1.807) is 49.4 Å². The second-order valence-electron chi connectivity index (χ2n) is 8.74. The quantitative estimate of drug-likeness (QED) is 0.454. The molecule has 180 valence electrons. The normalized spacial score (nSPS) is 25.2. The van der Waals surface area contributed by atoms with Crippen molar-refractivity contribution in [2.24, 2.45) is 0 Å². The summed E-state index contributed by atoms with van der Waals surface area (Å²) in [5, 5.41) is 9.88. The number of urea groups is 2. The highest BCUT2D eigenvalue weighted by molar-refractivity contribution is 6.09. The highest BCUT2D eigenvalue weighted by Gasteiger charge is 2.51. The Morgan fingerprint density at radius 3 is 1.94 bits per heavy atom. The third kappa shape index (κ3) is 3.30. The standard InChI is InChI=1S/C24H23N5O6/c1-3-23(19(31)25-21(33)27-23)14-5-7-15(8-6-14)24(20(32)26-22(34)28-24)12-29-11-13-4-9-16(35-2)10-17(13)18(29)30/h4-10H,3,11-12H2,1-2H3,(H2,25,27,31,33)(H2,26,28,32,34)/t23?,24-/m0/s1. The van der Waals surface area contributed by atoms with E-state index in [-0.39, 0.29) is 19.0 Å². The number of carbonyl (C=O) groups is 5. The molecule has 11 heteroatoms. The van der Waals surface area contributed by atoms with E-state index in [4.69, 9.17) is 4.74 Å². The van der Waals surface area contributed by atoms with Crippen LogP contribution in [0.3, 0.4) is 0 Å². The molecule has 3 aliphatic rings. The highest BCUT2D eigenvalue weighted by Crippen LogP contribution is 2.34. The Bertz CT molecular complexity index is 1290. The van der Waals surface area contributed by atoms with E-state index in [1.165, 1.54) is 12.0 Å². The molecular weight excluding hydrogens is 454 g/mol. The van der Waals surface area contributed by atoms with Crippen molar-refractivity contribution in [1.29, 1.82) is 0 Å². The van der Waals surface area contributed by atoms with E-state index in [1.807, 2.05) is 0 Å². The Kier molecular flexibility index (Phi) is 5.01. The lowest BCUT2D eigenvalue weighted by atomic mass is 9.83. The maximum atomic E-state index is 13.1. The molecule has 7 amide bonds. The van der Waals surface area contributed by atoms with Crippen molar-refractivity contribution in [2.45, 2.75) is 31.0 Å². The Balaban J connectivity index is 1.49. The van der Waals surface area contributed by atoms with Gasteiger partial charge in [0, 0.05) is 12.1 Å². The molecule has 0 aliphatic carbocycles. The van der Waals surface area contributed by atoms with Gasteiger partial charge in [-0.25, -0.2) is 9.59 Å². The molecular formula is C24H23N5O6. The number of rotatable bonds is 6. The number of hydrogen-bond acceptors (Lipinski definition) is 6. The summed E-state index contributed by atoms with van der Waals surface area (Å²) in [5.41, 5.74) is -0.523. The van der Waals surface area contributed by atoms with Crippen molar-refractivity contribution in [1.82, 2.24) is 26.2 Å². The lowest BCUT2D eigenvalue weighted by Gasteiger charge is -2.32. The lowest BCUT2D eigenvalue weighted by Crippen LogP contribution is -2.52. The first-order valence-corrected chi connectivity index (χ1v) is 11.1. The third-order valence-corrected chi connectivity index (χ3v) is 6.91. The fourth-order valence-corrected chi connectivity index (χ4v) is 4.97. The van der Waals surface area contributed by atoms with Crippen molar-refractivity contribution < 1.29 is 28.7 Å². The lowest BCUT2D eigenvalue weighted by molar-refractivity contribution is -0.125. The van der Waals surface area contributed by atoms with Crippen LogP contribution in [-0.2, 0) is 27.2 Å². The van der Waals surface area contributed by atoms with E-state index < -0.39 is 35.0 Å². The van der Waals surface area contributed by atoms with E-state index in [9.17, 15) is 24.0 Å². The number of fused-ring (bicyclic) bond motifs is 1. The number of amides is 7. The highest BCUT2D eigenvalue weighted by atomic mass is 16.5. The Morgan fingerprint density at radius 2 is 1.43 bits per heavy atom. The number of carbonyl (C=O) groups excluding carboxylic acids is 5. The van der Waals surface area contributed by atoms with E-state index >= 15 is 0 Å². The molecule has 2 fully saturated rings. The van der Waals surface area contributed by atoms with E-state index in [0.29, 0.717) is 28.9 Å². The van der Waals surface area contributed by atoms with Crippen LogP contribution in [0.15, 0.2) is 42.5 Å². The molecule has 2 atom stereocenters. The topological polar surface area (TPSA) is 146 Å². The summed E-state index contributed by atoms with van der Waals surface area (Å²) in [7, 11) is 1.51. The SMILES string of the molecule is CCC1(c2ccc([C@]3(CN4Cc5ccc(OC)cc5C4=O)NC(=O)NC3=O)cc2)NC(=O)NC1=O. The number of ether oxygens (including phenoxy) is 1. The summed E-state index contributed by atoms with van der Waals surface area (Å²) in [6.45, 7) is 1.94. The molecule has 3 aliphatic heterocycles. The van der Waals surface area contributed by atoms with Crippen molar-refractivity contribution in [2.75, 3.05) is 13.7 Å². The van der Waals surface area contributed by atoms with Gasteiger partial charge in [0.2, 0.25) is 0 Å². The monoisotopic (exact) mass is 477 g/mol. The summed E-state index contributed by atoms with van der Waals surface area (Å²) in [6, 6.07) is 10.5. The van der Waals surface area contributed by atoms with Crippen LogP contribution in [0.2, 0.25) is 0 Å². The molecule has 4 N–H and O–H groups in total. The van der Waals surface area contributed by atoms with Gasteiger partial charge in [0.05, 0.1) is 13.7 Å². The molecule has 2 aromatic rings. The zero-order valence-electron chi connectivity index (χ0n) is 19.1. The molecule has 11 nitrogen and oxygen atoms in total. The average Bonchev–Trinajstić information content (AvgIpc) is 3.43. The van der Waals surface area contributed by atoms with Crippen molar-refractivity contribution in [3.05, 3.63) is 64.7 Å². The Hall–Kier alpha value is -4.41. The zero-order chi connectivity index (χ0) is 25.0. The summed E-state index contributed by atoms with van der Waals surface area (Å²) in [5.74, 6) is -0.785. The van der Waals surface area contributed by atoms with E-state index in [2.05, 4.69) is 21.3 Å². The first-order chi connectivity index (χ1) is 16.7. The van der Waals surface area contributed by atoms with Gasteiger partial charge in [0.1, 0.15) is 11.3 Å². The van der Waals surface area contributed by atoms with Gasteiger partial charge in [0.25, 0.3) is 17.7 Å².